The van der Waals surface area contributed by atoms with Gasteiger partial charge in [-0.3, -0.25) is 14.4 Å². The number of likely N-dealkylation sites (tertiary alicyclic amines) is 1. The SMILES string of the molecule is C[C@H](CC1(c2nn[nH]n2)c2ccc(C(N)=O)cc2Cc2cc(C(N)=O)ccc21)NCC(=O)N1[C@H](C#N)C[C@@H]2C[C@@H]21. The molecular weight excluding hydrogens is 510 g/mol. The lowest BCUT2D eigenvalue weighted by molar-refractivity contribution is -0.131. The second-order valence-electron chi connectivity index (χ2n) is 11.0. The largest absolute Gasteiger partial charge is 0.366 e. The van der Waals surface area contributed by atoms with Crippen LogP contribution in [-0.2, 0) is 16.6 Å². The highest BCUT2D eigenvalue weighted by Gasteiger charge is 2.54. The zero-order valence-corrected chi connectivity index (χ0v) is 21.9. The summed E-state index contributed by atoms with van der Waals surface area (Å²) in [7, 11) is 0. The van der Waals surface area contributed by atoms with E-state index in [1.165, 1.54) is 0 Å². The molecule has 1 aromatic heterocycles. The molecule has 0 bridgehead atoms. The predicted octanol–water partition coefficient (Wildman–Crippen LogP) is 0.517. The number of H-pyrrole nitrogens is 1. The Morgan fingerprint density at radius 2 is 1.77 bits per heavy atom. The topological polar surface area (TPSA) is 197 Å². The summed E-state index contributed by atoms with van der Waals surface area (Å²) in [6.45, 7) is 2.07. The number of aromatic amines is 1. The number of carbonyl (C=O) groups excluding carboxylic acids is 3. The van der Waals surface area contributed by atoms with Crippen LogP contribution in [0.2, 0.25) is 0 Å². The Hall–Kier alpha value is -4.63. The Balaban J connectivity index is 1.38. The van der Waals surface area contributed by atoms with Gasteiger partial charge in [0.2, 0.25) is 17.7 Å². The number of nitrogens with one attached hydrogen (secondary N) is 2. The van der Waals surface area contributed by atoms with Crippen molar-refractivity contribution in [3.8, 4) is 6.07 Å². The number of carbonyl (C=O) groups is 3. The molecule has 12 nitrogen and oxygen atoms in total. The summed E-state index contributed by atoms with van der Waals surface area (Å²) in [6.07, 6.45) is 2.59. The molecule has 2 aliphatic carbocycles. The minimum atomic E-state index is -0.928. The van der Waals surface area contributed by atoms with Crippen LogP contribution in [0.1, 0.15) is 75.0 Å². The summed E-state index contributed by atoms with van der Waals surface area (Å²) in [5.41, 5.74) is 14.4. The smallest absolute Gasteiger partial charge is 0.248 e. The van der Waals surface area contributed by atoms with E-state index in [0.717, 1.165) is 35.1 Å². The molecule has 40 heavy (non-hydrogen) atoms. The summed E-state index contributed by atoms with van der Waals surface area (Å²) in [4.78, 5) is 38.9. The van der Waals surface area contributed by atoms with Crippen LogP contribution in [0, 0.1) is 17.2 Å². The number of aromatic nitrogens is 4. The van der Waals surface area contributed by atoms with Crippen LogP contribution in [0.15, 0.2) is 36.4 Å². The number of hydrogen-bond donors (Lipinski definition) is 4. The number of nitrogens with zero attached hydrogens (tertiary/aromatic N) is 5. The van der Waals surface area contributed by atoms with E-state index >= 15 is 0 Å². The van der Waals surface area contributed by atoms with Crippen molar-refractivity contribution in [2.45, 2.75) is 56.1 Å². The van der Waals surface area contributed by atoms with Crippen molar-refractivity contribution in [1.82, 2.24) is 30.8 Å². The third kappa shape index (κ3) is 4.10. The molecular formula is C28H29N9O3. The van der Waals surface area contributed by atoms with Crippen LogP contribution >= 0.6 is 0 Å². The Morgan fingerprint density at radius 1 is 1.12 bits per heavy atom. The Kier molecular flexibility index (Phi) is 6.11. The van der Waals surface area contributed by atoms with E-state index in [1.807, 2.05) is 19.1 Å². The molecule has 0 spiro atoms. The molecule has 1 aliphatic heterocycles. The van der Waals surface area contributed by atoms with E-state index in [0.29, 0.717) is 35.7 Å². The molecule has 6 N–H and O–H groups in total. The van der Waals surface area contributed by atoms with Crippen molar-refractivity contribution >= 4 is 17.7 Å². The highest BCUT2D eigenvalue weighted by molar-refractivity contribution is 5.94. The van der Waals surface area contributed by atoms with Gasteiger partial charge in [0, 0.05) is 23.2 Å². The molecule has 4 atom stereocenters. The Bertz CT molecular complexity index is 1500. The number of benzene rings is 2. The molecule has 12 heteroatoms. The summed E-state index contributed by atoms with van der Waals surface area (Å²) in [5.74, 6) is -0.322. The molecule has 2 fully saturated rings. The average Bonchev–Trinajstić information content (AvgIpc) is 3.32. The van der Waals surface area contributed by atoms with Gasteiger partial charge in [-0.25, -0.2) is 0 Å². The average molecular weight is 540 g/mol. The lowest BCUT2D eigenvalue weighted by atomic mass is 9.63. The standard InChI is InChI=1S/C28H29N9O3/c1-14(32-13-24(38)37-20(12-29)9-19-10-23(19)37)11-28(27-33-35-36-34-27)21-4-2-15(25(30)39)6-17(21)8-18-7-16(26(31)40)3-5-22(18)28/h2-7,14,19-20,23,32H,8-11,13H2,1H3,(H2,30,39)(H2,31,40)(H,33,34,35,36)/t14-,19-,20+,23+/m1/s1. The maximum Gasteiger partial charge on any atom is 0.248 e. The van der Waals surface area contributed by atoms with Crippen LogP contribution in [0.3, 0.4) is 0 Å². The summed E-state index contributed by atoms with van der Waals surface area (Å²) >= 11 is 0. The number of tetrazole rings is 1. The van der Waals surface area contributed by atoms with E-state index < -0.39 is 17.2 Å². The van der Waals surface area contributed by atoms with Crippen molar-refractivity contribution in [2.24, 2.45) is 17.4 Å². The first-order valence-electron chi connectivity index (χ1n) is 13.3. The second-order valence-corrected chi connectivity index (χ2v) is 11.0. The van der Waals surface area contributed by atoms with Gasteiger partial charge in [-0.15, -0.1) is 10.2 Å². The van der Waals surface area contributed by atoms with Crippen molar-refractivity contribution in [2.75, 3.05) is 6.54 Å². The van der Waals surface area contributed by atoms with Crippen LogP contribution in [0.4, 0.5) is 0 Å². The minimum absolute atomic E-state index is 0.0846. The molecule has 2 aromatic carbocycles. The van der Waals surface area contributed by atoms with E-state index in [1.54, 1.807) is 29.2 Å². The number of amides is 3. The monoisotopic (exact) mass is 539 g/mol. The van der Waals surface area contributed by atoms with Gasteiger partial charge < -0.3 is 21.7 Å². The van der Waals surface area contributed by atoms with Gasteiger partial charge in [0.15, 0.2) is 5.82 Å². The van der Waals surface area contributed by atoms with E-state index in [2.05, 4.69) is 32.0 Å². The zero-order valence-electron chi connectivity index (χ0n) is 21.9. The fourth-order valence-corrected chi connectivity index (χ4v) is 6.68. The highest BCUT2D eigenvalue weighted by Crippen LogP contribution is 2.49. The fraction of sp³-hybridized carbons (Fsp3) is 0.393. The van der Waals surface area contributed by atoms with Gasteiger partial charge in [0.1, 0.15) is 6.04 Å². The highest BCUT2D eigenvalue weighted by atomic mass is 16.2. The lowest BCUT2D eigenvalue weighted by Gasteiger charge is -2.41. The first-order chi connectivity index (χ1) is 19.2. The van der Waals surface area contributed by atoms with E-state index in [9.17, 15) is 19.6 Å². The number of hydrogen-bond acceptors (Lipinski definition) is 8. The molecule has 3 aliphatic rings. The summed E-state index contributed by atoms with van der Waals surface area (Å²) in [6, 6.07) is 12.5. The zero-order chi connectivity index (χ0) is 28.2. The molecule has 3 amide bonds. The normalized spacial score (nSPS) is 22.4. The van der Waals surface area contributed by atoms with E-state index in [-0.39, 0.29) is 30.6 Å². The van der Waals surface area contributed by atoms with Crippen molar-refractivity contribution in [3.63, 3.8) is 0 Å². The molecule has 6 rings (SSSR count). The molecule has 0 unspecified atom stereocenters. The van der Waals surface area contributed by atoms with Crippen LogP contribution < -0.4 is 16.8 Å². The van der Waals surface area contributed by atoms with Crippen molar-refractivity contribution in [1.29, 1.82) is 5.26 Å². The third-order valence-corrected chi connectivity index (χ3v) is 8.56. The molecule has 204 valence electrons. The van der Waals surface area contributed by atoms with Crippen molar-refractivity contribution in [3.05, 3.63) is 75.6 Å². The number of nitrogens with two attached hydrogens (primary N) is 2. The number of nitriles is 1. The fourth-order valence-electron chi connectivity index (χ4n) is 6.68. The van der Waals surface area contributed by atoms with Crippen LogP contribution in [0.25, 0.3) is 0 Å². The van der Waals surface area contributed by atoms with Gasteiger partial charge >= 0.3 is 0 Å². The number of rotatable bonds is 8. The quantitative estimate of drug-likeness (QED) is 0.318. The summed E-state index contributed by atoms with van der Waals surface area (Å²) < 4.78 is 0. The van der Waals surface area contributed by atoms with Gasteiger partial charge in [-0.2, -0.15) is 10.5 Å². The number of primary amides is 2. The van der Waals surface area contributed by atoms with Crippen LogP contribution in [-0.4, -0.2) is 67.9 Å². The predicted molar refractivity (Wildman–Crippen MR) is 142 cm³/mol. The van der Waals surface area contributed by atoms with Crippen LogP contribution in [0.5, 0.6) is 0 Å². The van der Waals surface area contributed by atoms with Gasteiger partial charge in [0.25, 0.3) is 0 Å². The second kappa shape index (κ2) is 9.53. The first kappa shape index (κ1) is 25.6. The van der Waals surface area contributed by atoms with E-state index in [4.69, 9.17) is 11.5 Å². The maximum absolute atomic E-state index is 13.1. The summed E-state index contributed by atoms with van der Waals surface area (Å²) in [5, 5.41) is 28.1. The molecule has 1 saturated carbocycles. The molecule has 3 aromatic rings. The van der Waals surface area contributed by atoms with Gasteiger partial charge in [-0.1, -0.05) is 17.3 Å². The number of piperidine rings is 1. The number of fused-ring (bicyclic) bond motifs is 3. The molecule has 1 saturated heterocycles. The third-order valence-electron chi connectivity index (χ3n) is 8.56. The van der Waals surface area contributed by atoms with Gasteiger partial charge in [-0.05, 0) is 85.0 Å². The lowest BCUT2D eigenvalue weighted by Crippen LogP contribution is -2.47. The molecule has 2 heterocycles. The minimum Gasteiger partial charge on any atom is -0.366 e. The Morgan fingerprint density at radius 3 is 2.33 bits per heavy atom. The first-order valence-corrected chi connectivity index (χ1v) is 13.3. The Labute approximate surface area is 230 Å². The van der Waals surface area contributed by atoms with Gasteiger partial charge in [0.05, 0.1) is 18.0 Å². The molecule has 0 radical (unpaired) electrons. The van der Waals surface area contributed by atoms with Crippen molar-refractivity contribution < 1.29 is 14.4 Å². The maximum atomic E-state index is 13.1.